The number of rotatable bonds is 0. The van der Waals surface area contributed by atoms with Crippen molar-refractivity contribution >= 4 is 0 Å². The van der Waals surface area contributed by atoms with Crippen LogP contribution >= 0.6 is 0 Å². The van der Waals surface area contributed by atoms with Crippen LogP contribution < -0.4 is 0 Å². The van der Waals surface area contributed by atoms with E-state index >= 15 is 0 Å². The summed E-state index contributed by atoms with van der Waals surface area (Å²) in [6.45, 7) is 0. The Labute approximate surface area is 63.5 Å². The van der Waals surface area contributed by atoms with Crippen LogP contribution in [0.15, 0.2) is 47.0 Å². The van der Waals surface area contributed by atoms with Gasteiger partial charge in [-0.25, -0.2) is 0 Å². The van der Waals surface area contributed by atoms with E-state index in [1.807, 2.05) is 42.5 Å². The minimum atomic E-state index is 1.04. The first-order chi connectivity index (χ1) is 4.39. The van der Waals surface area contributed by atoms with Crippen LogP contribution in [0.3, 0.4) is 0 Å². The van der Waals surface area contributed by atoms with Gasteiger partial charge in [-0.15, -0.1) is 0 Å². The number of hydrogen-bond acceptors (Lipinski definition) is 0. The van der Waals surface area contributed by atoms with Gasteiger partial charge in [0.15, 0.2) is 0 Å². The second-order valence-electron chi connectivity index (χ2n) is 1.67. The molecule has 9 heavy (non-hydrogen) atoms. The molecule has 0 aromatic carbocycles. The average Bonchev–Trinajstić information content (AvgIpc) is 1.79. The molecule has 0 amide bonds. The predicted molar refractivity (Wildman–Crippen MR) is 35.5 cm³/mol. The topological polar surface area (TPSA) is 0 Å². The van der Waals surface area contributed by atoms with Crippen molar-refractivity contribution in [1.82, 2.24) is 0 Å². The molecule has 0 N–H and O–H groups in total. The minimum absolute atomic E-state index is 1.04. The first-order valence-electron chi connectivity index (χ1n) is 2.75. The quantitative estimate of drug-likeness (QED) is 0.474. The van der Waals surface area contributed by atoms with E-state index in [-0.39, 0.29) is 0 Å². The van der Waals surface area contributed by atoms with E-state index < -0.39 is 0 Å². The van der Waals surface area contributed by atoms with Crippen molar-refractivity contribution in [1.29, 1.82) is 0 Å². The summed E-state index contributed by atoms with van der Waals surface area (Å²) in [5, 5.41) is 0. The molecule has 0 atom stereocenters. The summed E-state index contributed by atoms with van der Waals surface area (Å²) < 4.78 is 1.04. The molecule has 0 fully saturated rings. The Morgan fingerprint density at radius 2 is 1.56 bits per heavy atom. The molecule has 1 heteroatoms. The van der Waals surface area contributed by atoms with Gasteiger partial charge in [0.1, 0.15) is 0 Å². The molecule has 0 aromatic rings. The van der Waals surface area contributed by atoms with Crippen molar-refractivity contribution in [3.05, 3.63) is 47.0 Å². The van der Waals surface area contributed by atoms with Gasteiger partial charge in [0.25, 0.3) is 0 Å². The first-order valence-corrected chi connectivity index (χ1v) is 3.31. The molecule has 0 spiro atoms. The average molecular weight is 159 g/mol. The van der Waals surface area contributed by atoms with Crippen LogP contribution in [0, 0.1) is 0 Å². The predicted octanol–water partition coefficient (Wildman–Crippen LogP) is 2.10. The third-order valence-electron chi connectivity index (χ3n) is 0.947. The molecule has 47 valence electrons. The van der Waals surface area contributed by atoms with Gasteiger partial charge >= 0.3 is 63.0 Å². The van der Waals surface area contributed by atoms with Crippen LogP contribution in [0.1, 0.15) is 0 Å². The van der Waals surface area contributed by atoms with Crippen LogP contribution in [0.25, 0.3) is 0 Å². The third-order valence-corrected chi connectivity index (χ3v) is 1.32. The SMILES string of the molecule is [Fe][C]1=CC=CC=CC=C1. The van der Waals surface area contributed by atoms with Gasteiger partial charge in [0, 0.05) is 0 Å². The zero-order valence-corrected chi connectivity index (χ0v) is 6.00. The van der Waals surface area contributed by atoms with Crippen LogP contribution in [0.4, 0.5) is 0 Å². The summed E-state index contributed by atoms with van der Waals surface area (Å²) >= 11 is 3.79. The zero-order chi connectivity index (χ0) is 6.53. The molecule has 0 aromatic heterocycles. The van der Waals surface area contributed by atoms with Gasteiger partial charge in [-0.3, -0.25) is 0 Å². The monoisotopic (exact) mass is 159 g/mol. The molecule has 0 heterocycles. The van der Waals surface area contributed by atoms with E-state index in [4.69, 9.17) is 0 Å². The van der Waals surface area contributed by atoms with Crippen molar-refractivity contribution in [2.75, 3.05) is 0 Å². The Morgan fingerprint density at radius 3 is 2.44 bits per heavy atom. The zero-order valence-electron chi connectivity index (χ0n) is 4.90. The van der Waals surface area contributed by atoms with Crippen LogP contribution in [0.2, 0.25) is 0 Å². The molecule has 1 aliphatic carbocycles. The Morgan fingerprint density at radius 1 is 0.889 bits per heavy atom. The van der Waals surface area contributed by atoms with Gasteiger partial charge in [-0.2, -0.15) is 0 Å². The van der Waals surface area contributed by atoms with Crippen LogP contribution in [-0.4, -0.2) is 0 Å². The summed E-state index contributed by atoms with van der Waals surface area (Å²) in [7, 11) is 0. The number of allylic oxidation sites excluding steroid dienone is 8. The summed E-state index contributed by atoms with van der Waals surface area (Å²) in [6.07, 6.45) is 13.8. The fourth-order valence-corrected chi connectivity index (χ4v) is 0.751. The molecule has 0 saturated carbocycles. The molecule has 0 unspecified atom stereocenters. The molecule has 0 aliphatic heterocycles. The molecule has 1 aliphatic rings. The van der Waals surface area contributed by atoms with E-state index in [0.29, 0.717) is 0 Å². The summed E-state index contributed by atoms with van der Waals surface area (Å²) in [5.74, 6) is 0. The Kier molecular flexibility index (Phi) is 2.56. The molecule has 0 bridgehead atoms. The molecule has 0 radical (unpaired) electrons. The second kappa shape index (κ2) is 3.49. The Bertz CT molecular complexity index is 195. The maximum absolute atomic E-state index is 3.79. The van der Waals surface area contributed by atoms with Crippen molar-refractivity contribution < 1.29 is 16.0 Å². The Balaban J connectivity index is 2.77. The summed E-state index contributed by atoms with van der Waals surface area (Å²) in [6, 6.07) is 0. The van der Waals surface area contributed by atoms with Gasteiger partial charge < -0.3 is 0 Å². The molecule has 0 nitrogen and oxygen atoms in total. The van der Waals surface area contributed by atoms with Gasteiger partial charge in [-0.1, -0.05) is 0 Å². The molecular formula is C8H7Fe. The van der Waals surface area contributed by atoms with Gasteiger partial charge in [-0.05, 0) is 0 Å². The fraction of sp³-hybridized carbons (Fsp3) is 0. The van der Waals surface area contributed by atoms with Gasteiger partial charge in [0.2, 0.25) is 0 Å². The van der Waals surface area contributed by atoms with Crippen molar-refractivity contribution in [2.24, 2.45) is 0 Å². The van der Waals surface area contributed by atoms with Crippen molar-refractivity contribution in [3.8, 4) is 0 Å². The maximum atomic E-state index is 3.79. The van der Waals surface area contributed by atoms with E-state index in [2.05, 4.69) is 16.0 Å². The fourth-order valence-electron chi connectivity index (χ4n) is 0.538. The van der Waals surface area contributed by atoms with Crippen LogP contribution in [0.5, 0.6) is 0 Å². The van der Waals surface area contributed by atoms with E-state index in [1.54, 1.807) is 0 Å². The Hall–Kier alpha value is -0.521. The molecular weight excluding hydrogens is 152 g/mol. The second-order valence-corrected chi connectivity index (χ2v) is 2.30. The third kappa shape index (κ3) is 2.50. The van der Waals surface area contributed by atoms with Gasteiger partial charge in [0.05, 0.1) is 0 Å². The number of hydrogen-bond donors (Lipinski definition) is 0. The van der Waals surface area contributed by atoms with E-state index in [1.165, 1.54) is 0 Å². The van der Waals surface area contributed by atoms with Crippen molar-refractivity contribution in [2.45, 2.75) is 0 Å². The van der Waals surface area contributed by atoms with E-state index in [0.717, 1.165) is 4.47 Å². The summed E-state index contributed by atoms with van der Waals surface area (Å²) in [5.41, 5.74) is 0. The summed E-state index contributed by atoms with van der Waals surface area (Å²) in [4.78, 5) is 0. The van der Waals surface area contributed by atoms with Crippen LogP contribution in [-0.2, 0) is 16.0 Å². The normalized spacial score (nSPS) is 16.8. The standard InChI is InChI=1S/C8H7.Fe/c1-2-4-6-8-7-5-3-1;/h1-7H;. The first kappa shape index (κ1) is 6.60. The van der Waals surface area contributed by atoms with Crippen molar-refractivity contribution in [3.63, 3.8) is 0 Å². The molecule has 1 rings (SSSR count). The van der Waals surface area contributed by atoms with E-state index in [9.17, 15) is 0 Å². The molecule has 0 saturated heterocycles.